The molecule has 1 aromatic heterocycles. The Labute approximate surface area is 170 Å². The topological polar surface area (TPSA) is 51.5 Å². The molecule has 158 valence electrons. The predicted molar refractivity (Wildman–Crippen MR) is 102 cm³/mol. The Morgan fingerprint density at radius 2 is 1.67 bits per heavy atom. The number of carbonyl (C=O) groups excluding carboxylic acids is 1. The second-order valence-corrected chi connectivity index (χ2v) is 6.73. The fraction of sp³-hybridized carbons (Fsp3) is 0.227. The molecule has 0 aliphatic heterocycles. The highest BCUT2D eigenvalue weighted by molar-refractivity contribution is 6.02. The Kier molecular flexibility index (Phi) is 6.44. The van der Waals surface area contributed by atoms with Crippen LogP contribution in [0.4, 0.5) is 23.2 Å². The molecule has 0 aliphatic carbocycles. The summed E-state index contributed by atoms with van der Waals surface area (Å²) < 4.78 is 64.8. The van der Waals surface area contributed by atoms with Crippen molar-refractivity contribution >= 4 is 11.6 Å². The van der Waals surface area contributed by atoms with Crippen LogP contribution in [0.5, 0.6) is 5.75 Å². The van der Waals surface area contributed by atoms with E-state index in [1.165, 1.54) is 17.7 Å². The maximum atomic E-state index is 13.7. The molecule has 8 heteroatoms. The number of hydrogen-bond acceptors (Lipinski definition) is 3. The second kappa shape index (κ2) is 9.02. The lowest BCUT2D eigenvalue weighted by atomic mass is 9.99. The summed E-state index contributed by atoms with van der Waals surface area (Å²) in [6.45, 7) is 4.24. The molecule has 0 fully saturated rings. The summed E-state index contributed by atoms with van der Waals surface area (Å²) in [4.78, 5) is 12.1. The maximum absolute atomic E-state index is 13.7. The Balaban J connectivity index is 1.64. The lowest BCUT2D eigenvalue weighted by Gasteiger charge is -2.10. The van der Waals surface area contributed by atoms with Gasteiger partial charge in [-0.2, -0.15) is 0 Å². The molecule has 0 saturated carbocycles. The number of furan rings is 1. The Hall–Kier alpha value is -3.29. The summed E-state index contributed by atoms with van der Waals surface area (Å²) in [7, 11) is 0. The normalized spacial score (nSPS) is 11.9. The summed E-state index contributed by atoms with van der Waals surface area (Å²) in [6.07, 6.45) is 1.02. The van der Waals surface area contributed by atoms with E-state index in [2.05, 4.69) is 13.8 Å². The van der Waals surface area contributed by atoms with Crippen LogP contribution in [0.25, 0.3) is 0 Å². The van der Waals surface area contributed by atoms with Gasteiger partial charge in [0, 0.05) is 6.07 Å². The lowest BCUT2D eigenvalue weighted by Crippen LogP contribution is -2.15. The molecule has 1 amide bonds. The third-order valence-corrected chi connectivity index (χ3v) is 4.68. The molecule has 30 heavy (non-hydrogen) atoms. The second-order valence-electron chi connectivity index (χ2n) is 6.73. The number of nitrogens with one attached hydrogen (secondary N) is 1. The smallest absolute Gasteiger partial charge is 0.291 e. The highest BCUT2D eigenvalue weighted by Crippen LogP contribution is 2.25. The van der Waals surface area contributed by atoms with Crippen LogP contribution in [-0.4, -0.2) is 5.91 Å². The molecule has 1 heterocycles. The largest absolute Gasteiger partial charge is 0.486 e. The van der Waals surface area contributed by atoms with Crippen LogP contribution in [0.15, 0.2) is 46.9 Å². The van der Waals surface area contributed by atoms with Gasteiger partial charge in [-0.25, -0.2) is 17.6 Å². The van der Waals surface area contributed by atoms with Crippen LogP contribution in [0.1, 0.15) is 48.1 Å². The van der Waals surface area contributed by atoms with Crippen LogP contribution in [-0.2, 0) is 6.61 Å². The van der Waals surface area contributed by atoms with E-state index < -0.39 is 34.9 Å². The van der Waals surface area contributed by atoms with Gasteiger partial charge in [0.05, 0.1) is 0 Å². The van der Waals surface area contributed by atoms with E-state index >= 15 is 0 Å². The molecule has 0 radical (unpaired) electrons. The first-order chi connectivity index (χ1) is 14.3. The van der Waals surface area contributed by atoms with Crippen molar-refractivity contribution < 1.29 is 31.5 Å². The molecular formula is C22H19F4NO3. The number of benzene rings is 2. The summed E-state index contributed by atoms with van der Waals surface area (Å²) >= 11 is 0. The molecule has 3 aromatic rings. The molecule has 1 unspecified atom stereocenters. The van der Waals surface area contributed by atoms with Gasteiger partial charge in [0.25, 0.3) is 5.91 Å². The Morgan fingerprint density at radius 1 is 1.03 bits per heavy atom. The number of ether oxygens (including phenoxy) is 1. The van der Waals surface area contributed by atoms with Crippen molar-refractivity contribution in [3.63, 3.8) is 0 Å². The van der Waals surface area contributed by atoms with Gasteiger partial charge >= 0.3 is 0 Å². The van der Waals surface area contributed by atoms with Gasteiger partial charge in [0.1, 0.15) is 23.8 Å². The van der Waals surface area contributed by atoms with Crippen LogP contribution in [0.2, 0.25) is 0 Å². The van der Waals surface area contributed by atoms with E-state index in [-0.39, 0.29) is 24.2 Å². The predicted octanol–water partition coefficient (Wildman–Crippen LogP) is 6.18. The number of carbonyl (C=O) groups is 1. The Bertz CT molecular complexity index is 1020. The van der Waals surface area contributed by atoms with E-state index in [1.807, 2.05) is 24.3 Å². The molecule has 1 N–H and O–H groups in total. The number of halogens is 4. The molecule has 0 aliphatic rings. The highest BCUT2D eigenvalue weighted by Gasteiger charge is 2.22. The van der Waals surface area contributed by atoms with Crippen LogP contribution < -0.4 is 10.1 Å². The molecule has 0 saturated heterocycles. The molecule has 3 rings (SSSR count). The summed E-state index contributed by atoms with van der Waals surface area (Å²) in [6, 6.07) is 10.3. The first-order valence-electron chi connectivity index (χ1n) is 9.26. The summed E-state index contributed by atoms with van der Waals surface area (Å²) in [5, 5.41) is 1.78. The van der Waals surface area contributed by atoms with E-state index in [0.717, 1.165) is 6.42 Å². The van der Waals surface area contributed by atoms with Crippen molar-refractivity contribution in [1.82, 2.24) is 0 Å². The van der Waals surface area contributed by atoms with Crippen molar-refractivity contribution in [3.8, 4) is 5.75 Å². The molecule has 0 spiro atoms. The van der Waals surface area contributed by atoms with Crippen molar-refractivity contribution in [2.24, 2.45) is 0 Å². The highest BCUT2D eigenvalue weighted by atomic mass is 19.2. The molecule has 0 bridgehead atoms. The van der Waals surface area contributed by atoms with E-state index in [0.29, 0.717) is 11.7 Å². The molecule has 4 nitrogen and oxygen atoms in total. The summed E-state index contributed by atoms with van der Waals surface area (Å²) in [5.74, 6) is -6.73. The average molecular weight is 421 g/mol. The van der Waals surface area contributed by atoms with Gasteiger partial charge in [-0.15, -0.1) is 0 Å². The van der Waals surface area contributed by atoms with Gasteiger partial charge in [0.15, 0.2) is 29.0 Å². The zero-order valence-electron chi connectivity index (χ0n) is 16.3. The quantitative estimate of drug-likeness (QED) is 0.366. The zero-order chi connectivity index (χ0) is 21.8. The third-order valence-electron chi connectivity index (χ3n) is 4.68. The fourth-order valence-electron chi connectivity index (χ4n) is 2.72. The van der Waals surface area contributed by atoms with Gasteiger partial charge in [-0.3, -0.25) is 4.79 Å². The van der Waals surface area contributed by atoms with Gasteiger partial charge < -0.3 is 14.5 Å². The van der Waals surface area contributed by atoms with Gasteiger partial charge in [-0.1, -0.05) is 26.0 Å². The van der Waals surface area contributed by atoms with E-state index in [1.54, 1.807) is 5.32 Å². The average Bonchev–Trinajstić information content (AvgIpc) is 3.23. The zero-order valence-corrected chi connectivity index (χ0v) is 16.3. The fourth-order valence-corrected chi connectivity index (χ4v) is 2.72. The molecule has 2 aromatic carbocycles. The van der Waals surface area contributed by atoms with Crippen molar-refractivity contribution in [2.75, 3.05) is 5.32 Å². The lowest BCUT2D eigenvalue weighted by molar-refractivity contribution is 0.0991. The van der Waals surface area contributed by atoms with E-state index in [4.69, 9.17) is 9.15 Å². The van der Waals surface area contributed by atoms with Crippen molar-refractivity contribution in [3.05, 3.63) is 82.8 Å². The van der Waals surface area contributed by atoms with Crippen molar-refractivity contribution in [1.29, 1.82) is 0 Å². The third kappa shape index (κ3) is 4.64. The minimum absolute atomic E-state index is 0.00722. The van der Waals surface area contributed by atoms with Crippen LogP contribution >= 0.6 is 0 Å². The first-order valence-corrected chi connectivity index (χ1v) is 9.26. The minimum atomic E-state index is -1.71. The van der Waals surface area contributed by atoms with Crippen LogP contribution in [0, 0.1) is 23.3 Å². The van der Waals surface area contributed by atoms with Gasteiger partial charge in [-0.05, 0) is 42.2 Å². The Morgan fingerprint density at radius 3 is 2.27 bits per heavy atom. The van der Waals surface area contributed by atoms with Crippen LogP contribution in [0.3, 0.4) is 0 Å². The van der Waals surface area contributed by atoms with E-state index in [9.17, 15) is 22.4 Å². The molecular weight excluding hydrogens is 402 g/mol. The van der Waals surface area contributed by atoms with Gasteiger partial charge in [0.2, 0.25) is 0 Å². The summed E-state index contributed by atoms with van der Waals surface area (Å²) in [5.41, 5.74) is -0.0387. The minimum Gasteiger partial charge on any atom is -0.486 e. The number of hydrogen-bond donors (Lipinski definition) is 1. The number of amides is 1. The number of rotatable bonds is 7. The SMILES string of the molecule is CCC(C)c1ccc(OCc2ccc(C(=O)Nc3c(F)c(F)cc(F)c3F)o2)cc1. The molecule has 1 atom stereocenters. The number of anilines is 1. The maximum Gasteiger partial charge on any atom is 0.291 e. The standard InChI is InChI=1S/C22H19F4NO3/c1-3-12(2)13-4-6-14(7-5-13)29-11-15-8-9-18(30-15)22(28)27-21-19(25)16(23)10-17(24)20(21)26/h4-10,12H,3,11H2,1-2H3,(H,27,28). The first kappa shape index (κ1) is 21.4. The van der Waals surface area contributed by atoms with Crippen molar-refractivity contribution in [2.45, 2.75) is 32.8 Å². The monoisotopic (exact) mass is 421 g/mol.